The molecule has 2 N–H and O–H groups in total. The van der Waals surface area contributed by atoms with Crippen LogP contribution < -0.4 is 10.9 Å². The summed E-state index contributed by atoms with van der Waals surface area (Å²) in [5.74, 6) is -0.987. The van der Waals surface area contributed by atoms with Gasteiger partial charge in [0.15, 0.2) is 0 Å². The van der Waals surface area contributed by atoms with E-state index in [1.54, 1.807) is 0 Å². The minimum Gasteiger partial charge on any atom is -0.460 e. The Labute approximate surface area is 120 Å². The molecule has 0 aliphatic rings. The van der Waals surface area contributed by atoms with Gasteiger partial charge in [0.25, 0.3) is 5.91 Å². The molecule has 1 heterocycles. The van der Waals surface area contributed by atoms with E-state index in [4.69, 9.17) is 4.74 Å². The molecule has 21 heavy (non-hydrogen) atoms. The van der Waals surface area contributed by atoms with Crippen LogP contribution in [0.2, 0.25) is 0 Å². The fraction of sp³-hybridized carbons (Fsp3) is 0.133. The Kier molecular flexibility index (Phi) is 4.87. The SMILES string of the molecule is O=C(CNC(=O)c1ccc(=O)[nH]c1)OCc1ccccc1. The summed E-state index contributed by atoms with van der Waals surface area (Å²) in [7, 11) is 0. The topological polar surface area (TPSA) is 88.3 Å². The number of rotatable bonds is 5. The van der Waals surface area contributed by atoms with Crippen molar-refractivity contribution in [3.63, 3.8) is 0 Å². The first-order valence-electron chi connectivity index (χ1n) is 6.31. The normalized spacial score (nSPS) is 9.90. The third-order valence-corrected chi connectivity index (χ3v) is 2.68. The van der Waals surface area contributed by atoms with Crippen LogP contribution in [-0.2, 0) is 16.1 Å². The molecule has 0 saturated carbocycles. The standard InChI is InChI=1S/C15H14N2O4/c18-13-7-6-12(8-16-13)15(20)17-9-14(19)21-10-11-4-2-1-3-5-11/h1-8H,9-10H2,(H,16,18)(H,17,20). The average molecular weight is 286 g/mol. The van der Waals surface area contributed by atoms with Crippen molar-refractivity contribution < 1.29 is 14.3 Å². The minimum atomic E-state index is -0.531. The average Bonchev–Trinajstić information content (AvgIpc) is 2.52. The van der Waals surface area contributed by atoms with Crippen molar-refractivity contribution in [2.24, 2.45) is 0 Å². The zero-order valence-corrected chi connectivity index (χ0v) is 11.2. The molecule has 2 aromatic rings. The molecule has 0 bridgehead atoms. The number of carbonyl (C=O) groups excluding carboxylic acids is 2. The van der Waals surface area contributed by atoms with Crippen molar-refractivity contribution in [2.45, 2.75) is 6.61 Å². The molecule has 0 saturated heterocycles. The van der Waals surface area contributed by atoms with E-state index in [1.807, 2.05) is 30.3 Å². The summed E-state index contributed by atoms with van der Waals surface area (Å²) in [5.41, 5.74) is 0.845. The highest BCUT2D eigenvalue weighted by atomic mass is 16.5. The van der Waals surface area contributed by atoms with Crippen LogP contribution in [0.3, 0.4) is 0 Å². The molecule has 1 aromatic carbocycles. The molecular weight excluding hydrogens is 272 g/mol. The van der Waals surface area contributed by atoms with Gasteiger partial charge in [0.2, 0.25) is 5.56 Å². The second-order valence-electron chi connectivity index (χ2n) is 4.27. The van der Waals surface area contributed by atoms with Crippen LogP contribution in [0.15, 0.2) is 53.5 Å². The number of benzene rings is 1. The smallest absolute Gasteiger partial charge is 0.325 e. The van der Waals surface area contributed by atoms with Crippen LogP contribution in [-0.4, -0.2) is 23.4 Å². The minimum absolute atomic E-state index is 0.161. The largest absolute Gasteiger partial charge is 0.460 e. The number of aromatic amines is 1. The summed E-state index contributed by atoms with van der Waals surface area (Å²) in [4.78, 5) is 36.5. The highest BCUT2D eigenvalue weighted by Gasteiger charge is 2.09. The lowest BCUT2D eigenvalue weighted by Crippen LogP contribution is -2.30. The van der Waals surface area contributed by atoms with E-state index in [0.717, 1.165) is 5.56 Å². The Morgan fingerprint density at radius 1 is 1.10 bits per heavy atom. The van der Waals surface area contributed by atoms with E-state index in [-0.39, 0.29) is 24.3 Å². The number of aromatic nitrogens is 1. The molecule has 1 aromatic heterocycles. The van der Waals surface area contributed by atoms with Gasteiger partial charge < -0.3 is 15.0 Å². The van der Waals surface area contributed by atoms with E-state index in [1.165, 1.54) is 18.3 Å². The van der Waals surface area contributed by atoms with Crippen molar-refractivity contribution in [3.05, 3.63) is 70.1 Å². The molecule has 6 nitrogen and oxygen atoms in total. The summed E-state index contributed by atoms with van der Waals surface area (Å²) >= 11 is 0. The Balaban J connectivity index is 1.77. The van der Waals surface area contributed by atoms with Gasteiger partial charge in [-0.2, -0.15) is 0 Å². The number of pyridine rings is 1. The highest BCUT2D eigenvalue weighted by Crippen LogP contribution is 2.00. The predicted octanol–water partition coefficient (Wildman–Crippen LogP) is 0.848. The van der Waals surface area contributed by atoms with Gasteiger partial charge in [-0.25, -0.2) is 0 Å². The molecule has 1 amide bonds. The molecule has 0 aliphatic carbocycles. The van der Waals surface area contributed by atoms with Gasteiger partial charge >= 0.3 is 5.97 Å². The second kappa shape index (κ2) is 7.04. The number of amides is 1. The van der Waals surface area contributed by atoms with Gasteiger partial charge in [0.05, 0.1) is 5.56 Å². The van der Waals surface area contributed by atoms with Gasteiger partial charge in [-0.1, -0.05) is 30.3 Å². The number of esters is 1. The predicted molar refractivity (Wildman–Crippen MR) is 75.6 cm³/mol. The maximum Gasteiger partial charge on any atom is 0.325 e. The Hall–Kier alpha value is -2.89. The van der Waals surface area contributed by atoms with Crippen molar-refractivity contribution in [1.82, 2.24) is 10.3 Å². The van der Waals surface area contributed by atoms with E-state index < -0.39 is 11.9 Å². The molecule has 0 atom stereocenters. The highest BCUT2D eigenvalue weighted by molar-refractivity contribution is 5.95. The zero-order valence-electron chi connectivity index (χ0n) is 11.2. The summed E-state index contributed by atoms with van der Waals surface area (Å²) < 4.78 is 5.02. The monoisotopic (exact) mass is 286 g/mol. The molecule has 0 radical (unpaired) electrons. The lowest BCUT2D eigenvalue weighted by Gasteiger charge is -2.06. The molecule has 0 unspecified atom stereocenters. The first kappa shape index (κ1) is 14.5. The number of ether oxygens (including phenoxy) is 1. The van der Waals surface area contributed by atoms with Crippen molar-refractivity contribution in [3.8, 4) is 0 Å². The molecule has 6 heteroatoms. The number of H-pyrrole nitrogens is 1. The summed E-state index contributed by atoms with van der Waals surface area (Å²) in [6.45, 7) is -0.0704. The third-order valence-electron chi connectivity index (χ3n) is 2.68. The van der Waals surface area contributed by atoms with Crippen molar-refractivity contribution in [2.75, 3.05) is 6.54 Å². The van der Waals surface area contributed by atoms with Crippen LogP contribution >= 0.6 is 0 Å². The fourth-order valence-corrected chi connectivity index (χ4v) is 1.60. The van der Waals surface area contributed by atoms with Gasteiger partial charge in [0.1, 0.15) is 13.2 Å². The first-order valence-corrected chi connectivity index (χ1v) is 6.31. The van der Waals surface area contributed by atoms with Crippen LogP contribution in [0.4, 0.5) is 0 Å². The van der Waals surface area contributed by atoms with Crippen LogP contribution in [0.1, 0.15) is 15.9 Å². The van der Waals surface area contributed by atoms with Gasteiger partial charge in [-0.15, -0.1) is 0 Å². The molecule has 0 fully saturated rings. The van der Waals surface area contributed by atoms with E-state index in [9.17, 15) is 14.4 Å². The van der Waals surface area contributed by atoms with Crippen LogP contribution in [0, 0.1) is 0 Å². The van der Waals surface area contributed by atoms with E-state index in [2.05, 4.69) is 10.3 Å². The maximum atomic E-state index is 11.7. The lowest BCUT2D eigenvalue weighted by atomic mass is 10.2. The van der Waals surface area contributed by atoms with E-state index >= 15 is 0 Å². The number of hydrogen-bond donors (Lipinski definition) is 2. The molecule has 108 valence electrons. The maximum absolute atomic E-state index is 11.7. The summed E-state index contributed by atoms with van der Waals surface area (Å²) in [6, 6.07) is 11.9. The van der Waals surface area contributed by atoms with Crippen molar-refractivity contribution in [1.29, 1.82) is 0 Å². The van der Waals surface area contributed by atoms with Crippen molar-refractivity contribution >= 4 is 11.9 Å². The molecule has 2 rings (SSSR count). The lowest BCUT2D eigenvalue weighted by molar-refractivity contribution is -0.143. The van der Waals surface area contributed by atoms with Crippen LogP contribution in [0.5, 0.6) is 0 Å². The summed E-state index contributed by atoms with van der Waals surface area (Å²) in [6.07, 6.45) is 1.28. The Morgan fingerprint density at radius 2 is 1.86 bits per heavy atom. The van der Waals surface area contributed by atoms with Crippen LogP contribution in [0.25, 0.3) is 0 Å². The third kappa shape index (κ3) is 4.61. The quantitative estimate of drug-likeness (QED) is 0.797. The van der Waals surface area contributed by atoms with Gasteiger partial charge in [0, 0.05) is 12.3 Å². The molecule has 0 spiro atoms. The molecular formula is C15H14N2O4. The Morgan fingerprint density at radius 3 is 2.52 bits per heavy atom. The summed E-state index contributed by atoms with van der Waals surface area (Å²) in [5, 5.41) is 2.42. The number of nitrogens with one attached hydrogen (secondary N) is 2. The second-order valence-corrected chi connectivity index (χ2v) is 4.27. The molecule has 0 aliphatic heterocycles. The first-order chi connectivity index (χ1) is 10.1. The Bertz CT molecular complexity index is 659. The number of carbonyl (C=O) groups is 2. The van der Waals surface area contributed by atoms with E-state index in [0.29, 0.717) is 0 Å². The van der Waals surface area contributed by atoms with Gasteiger partial charge in [-0.05, 0) is 11.6 Å². The fourth-order valence-electron chi connectivity index (χ4n) is 1.60. The van der Waals surface area contributed by atoms with Gasteiger partial charge in [-0.3, -0.25) is 14.4 Å². The number of hydrogen-bond acceptors (Lipinski definition) is 4. The zero-order chi connectivity index (χ0) is 15.1.